The standard InChI is InChI=1S/C23H25NO5/c1-15(2)19-13-23(26)29-21-12-17(8-9-18(19)21)28-14-22(25)24-11-10-16-6-4-5-7-20(16)27-3/h4-9,12-13,15H,10-11,14H2,1-3H3,(H,24,25). The quantitative estimate of drug-likeness (QED) is 0.589. The molecular weight excluding hydrogens is 370 g/mol. The molecule has 0 bridgehead atoms. The minimum absolute atomic E-state index is 0.120. The number of para-hydroxylation sites is 1. The lowest BCUT2D eigenvalue weighted by Crippen LogP contribution is -2.30. The van der Waals surface area contributed by atoms with E-state index >= 15 is 0 Å². The van der Waals surface area contributed by atoms with Gasteiger partial charge in [0.2, 0.25) is 0 Å². The lowest BCUT2D eigenvalue weighted by atomic mass is 10.00. The number of nitrogens with one attached hydrogen (secondary N) is 1. The van der Waals surface area contributed by atoms with Crippen molar-refractivity contribution in [3.8, 4) is 11.5 Å². The van der Waals surface area contributed by atoms with Crippen molar-refractivity contribution in [3.05, 3.63) is 70.1 Å². The molecule has 1 N–H and O–H groups in total. The minimum atomic E-state index is -0.396. The predicted molar refractivity (Wildman–Crippen MR) is 112 cm³/mol. The summed E-state index contributed by atoms with van der Waals surface area (Å²) in [5.74, 6) is 1.25. The zero-order valence-corrected chi connectivity index (χ0v) is 16.9. The number of ether oxygens (including phenoxy) is 2. The average molecular weight is 395 g/mol. The molecule has 2 aromatic carbocycles. The first-order valence-electron chi connectivity index (χ1n) is 9.57. The van der Waals surface area contributed by atoms with Gasteiger partial charge in [-0.05, 0) is 41.7 Å². The Bertz CT molecular complexity index is 1050. The Morgan fingerprint density at radius 2 is 1.93 bits per heavy atom. The number of fused-ring (bicyclic) bond motifs is 1. The molecule has 0 radical (unpaired) electrons. The van der Waals surface area contributed by atoms with E-state index < -0.39 is 5.63 Å². The van der Waals surface area contributed by atoms with Crippen molar-refractivity contribution in [2.24, 2.45) is 0 Å². The normalized spacial score (nSPS) is 10.9. The summed E-state index contributed by atoms with van der Waals surface area (Å²) in [7, 11) is 1.63. The van der Waals surface area contributed by atoms with Crippen molar-refractivity contribution in [2.45, 2.75) is 26.2 Å². The van der Waals surface area contributed by atoms with Gasteiger partial charge in [0.1, 0.15) is 17.1 Å². The van der Waals surface area contributed by atoms with Gasteiger partial charge in [0.05, 0.1) is 7.11 Å². The monoisotopic (exact) mass is 395 g/mol. The third-order valence-corrected chi connectivity index (χ3v) is 4.65. The molecule has 0 unspecified atom stereocenters. The van der Waals surface area contributed by atoms with E-state index in [0.29, 0.717) is 24.3 Å². The molecule has 0 aliphatic carbocycles. The summed E-state index contributed by atoms with van der Waals surface area (Å²) in [5.41, 5.74) is 2.02. The second kappa shape index (κ2) is 9.28. The first kappa shape index (κ1) is 20.5. The lowest BCUT2D eigenvalue weighted by molar-refractivity contribution is -0.123. The molecule has 0 saturated heterocycles. The number of hydrogen-bond acceptors (Lipinski definition) is 5. The molecule has 3 aromatic rings. The fourth-order valence-corrected chi connectivity index (χ4v) is 3.18. The van der Waals surface area contributed by atoms with Crippen molar-refractivity contribution in [1.82, 2.24) is 5.32 Å². The molecule has 3 rings (SSSR count). The number of rotatable bonds is 8. The Labute approximate surface area is 169 Å². The molecule has 1 amide bonds. The summed E-state index contributed by atoms with van der Waals surface area (Å²) < 4.78 is 16.2. The Balaban J connectivity index is 1.57. The van der Waals surface area contributed by atoms with Crippen LogP contribution in [-0.4, -0.2) is 26.2 Å². The summed E-state index contributed by atoms with van der Waals surface area (Å²) in [5, 5.41) is 3.70. The Morgan fingerprint density at radius 3 is 2.69 bits per heavy atom. The fourth-order valence-electron chi connectivity index (χ4n) is 3.18. The number of hydrogen-bond donors (Lipinski definition) is 1. The highest BCUT2D eigenvalue weighted by Gasteiger charge is 2.11. The van der Waals surface area contributed by atoms with Crippen LogP contribution in [-0.2, 0) is 11.2 Å². The summed E-state index contributed by atoms with van der Waals surface area (Å²) in [6.07, 6.45) is 0.662. The van der Waals surface area contributed by atoms with Crippen molar-refractivity contribution >= 4 is 16.9 Å². The summed E-state index contributed by atoms with van der Waals surface area (Å²) in [4.78, 5) is 23.9. The summed E-state index contributed by atoms with van der Waals surface area (Å²) >= 11 is 0. The van der Waals surface area contributed by atoms with Crippen LogP contribution < -0.4 is 20.4 Å². The second-order valence-electron chi connectivity index (χ2n) is 7.03. The molecular formula is C23H25NO5. The van der Waals surface area contributed by atoms with Gasteiger partial charge in [-0.15, -0.1) is 0 Å². The van der Waals surface area contributed by atoms with Crippen molar-refractivity contribution in [2.75, 3.05) is 20.3 Å². The van der Waals surface area contributed by atoms with Gasteiger partial charge < -0.3 is 19.2 Å². The van der Waals surface area contributed by atoms with Gasteiger partial charge in [-0.25, -0.2) is 4.79 Å². The Hall–Kier alpha value is -3.28. The molecule has 152 valence electrons. The van der Waals surface area contributed by atoms with Crippen LogP contribution in [0, 0.1) is 0 Å². The van der Waals surface area contributed by atoms with Crippen LogP contribution in [0.1, 0.15) is 30.9 Å². The van der Waals surface area contributed by atoms with Crippen molar-refractivity contribution in [3.63, 3.8) is 0 Å². The molecule has 1 heterocycles. The van der Waals surface area contributed by atoms with Crippen LogP contribution in [0.4, 0.5) is 0 Å². The topological polar surface area (TPSA) is 77.8 Å². The van der Waals surface area contributed by atoms with Crippen LogP contribution in [0.25, 0.3) is 11.0 Å². The van der Waals surface area contributed by atoms with Gasteiger partial charge in [0.25, 0.3) is 5.91 Å². The third kappa shape index (κ3) is 5.16. The lowest BCUT2D eigenvalue weighted by Gasteiger charge is -2.11. The first-order valence-corrected chi connectivity index (χ1v) is 9.57. The maximum absolute atomic E-state index is 12.1. The van der Waals surface area contributed by atoms with Crippen LogP contribution in [0.3, 0.4) is 0 Å². The van der Waals surface area contributed by atoms with Crippen LogP contribution >= 0.6 is 0 Å². The summed E-state index contributed by atoms with van der Waals surface area (Å²) in [6, 6.07) is 14.5. The van der Waals surface area contributed by atoms with Crippen LogP contribution in [0.15, 0.2) is 57.7 Å². The molecule has 29 heavy (non-hydrogen) atoms. The molecule has 6 heteroatoms. The van der Waals surface area contributed by atoms with E-state index in [1.54, 1.807) is 19.2 Å². The van der Waals surface area contributed by atoms with Gasteiger partial charge in [0, 0.05) is 24.1 Å². The molecule has 0 saturated carbocycles. The average Bonchev–Trinajstić information content (AvgIpc) is 2.71. The minimum Gasteiger partial charge on any atom is -0.496 e. The van der Waals surface area contributed by atoms with Gasteiger partial charge in [-0.3, -0.25) is 4.79 Å². The highest BCUT2D eigenvalue weighted by molar-refractivity contribution is 5.82. The molecule has 0 fully saturated rings. The molecule has 0 spiro atoms. The van der Waals surface area contributed by atoms with E-state index in [1.807, 2.05) is 44.2 Å². The Kier molecular flexibility index (Phi) is 6.54. The van der Waals surface area contributed by atoms with E-state index in [9.17, 15) is 9.59 Å². The number of amides is 1. The van der Waals surface area contributed by atoms with Gasteiger partial charge in [-0.1, -0.05) is 32.0 Å². The predicted octanol–water partition coefficient (Wildman–Crippen LogP) is 3.66. The SMILES string of the molecule is COc1ccccc1CCNC(=O)COc1ccc2c(C(C)C)cc(=O)oc2c1. The van der Waals surface area contributed by atoms with Crippen molar-refractivity contribution < 1.29 is 18.7 Å². The van der Waals surface area contributed by atoms with E-state index in [4.69, 9.17) is 13.9 Å². The van der Waals surface area contributed by atoms with E-state index in [0.717, 1.165) is 22.3 Å². The number of carbonyl (C=O) groups is 1. The highest BCUT2D eigenvalue weighted by atomic mass is 16.5. The fraction of sp³-hybridized carbons (Fsp3) is 0.304. The highest BCUT2D eigenvalue weighted by Crippen LogP contribution is 2.27. The maximum Gasteiger partial charge on any atom is 0.336 e. The molecule has 6 nitrogen and oxygen atoms in total. The molecule has 0 aliphatic heterocycles. The third-order valence-electron chi connectivity index (χ3n) is 4.65. The van der Waals surface area contributed by atoms with Gasteiger partial charge in [0.15, 0.2) is 6.61 Å². The molecule has 0 aliphatic rings. The second-order valence-corrected chi connectivity index (χ2v) is 7.03. The Morgan fingerprint density at radius 1 is 1.14 bits per heavy atom. The van der Waals surface area contributed by atoms with E-state index in [2.05, 4.69) is 5.32 Å². The zero-order chi connectivity index (χ0) is 20.8. The zero-order valence-electron chi connectivity index (χ0n) is 16.9. The molecule has 1 aromatic heterocycles. The smallest absolute Gasteiger partial charge is 0.336 e. The maximum atomic E-state index is 12.1. The number of benzene rings is 2. The first-order chi connectivity index (χ1) is 14.0. The number of carbonyl (C=O) groups excluding carboxylic acids is 1. The largest absolute Gasteiger partial charge is 0.496 e. The van der Waals surface area contributed by atoms with E-state index in [1.165, 1.54) is 6.07 Å². The van der Waals surface area contributed by atoms with E-state index in [-0.39, 0.29) is 18.4 Å². The van der Waals surface area contributed by atoms with Gasteiger partial charge >= 0.3 is 5.63 Å². The van der Waals surface area contributed by atoms with Gasteiger partial charge in [-0.2, -0.15) is 0 Å². The number of methoxy groups -OCH3 is 1. The summed E-state index contributed by atoms with van der Waals surface area (Å²) in [6.45, 7) is 4.40. The van der Waals surface area contributed by atoms with Crippen LogP contribution in [0.2, 0.25) is 0 Å². The molecule has 0 atom stereocenters. The van der Waals surface area contributed by atoms with Crippen molar-refractivity contribution in [1.29, 1.82) is 0 Å². The van der Waals surface area contributed by atoms with Crippen LogP contribution in [0.5, 0.6) is 11.5 Å².